The number of nitrogens with zero attached hydrogens (tertiary/aromatic N) is 2. The molecule has 0 amide bonds. The van der Waals surface area contributed by atoms with E-state index in [0.29, 0.717) is 11.6 Å². The molecule has 5 nitrogen and oxygen atoms in total. The number of nitrogens with one attached hydrogen (secondary N) is 1. The number of anilines is 1. The van der Waals surface area contributed by atoms with Gasteiger partial charge in [0.2, 0.25) is 0 Å². The summed E-state index contributed by atoms with van der Waals surface area (Å²) in [6, 6.07) is 0. The molecule has 0 aliphatic heterocycles. The highest BCUT2D eigenvalue weighted by Crippen LogP contribution is 2.22. The van der Waals surface area contributed by atoms with Crippen LogP contribution in [0.5, 0.6) is 0 Å². The van der Waals surface area contributed by atoms with Gasteiger partial charge in [-0.1, -0.05) is 0 Å². The number of hydrogen-bond acceptors (Lipinski definition) is 6. The average molecular weight is 200 g/mol. The Labute approximate surface area is 80.7 Å². The van der Waals surface area contributed by atoms with Crippen molar-refractivity contribution in [2.45, 2.75) is 11.9 Å². The van der Waals surface area contributed by atoms with Gasteiger partial charge in [0.1, 0.15) is 17.2 Å². The van der Waals surface area contributed by atoms with E-state index in [1.807, 2.05) is 6.92 Å². The van der Waals surface area contributed by atoms with Gasteiger partial charge in [-0.15, -0.1) is 11.8 Å². The van der Waals surface area contributed by atoms with E-state index >= 15 is 0 Å². The minimum absolute atomic E-state index is 0.138. The summed E-state index contributed by atoms with van der Waals surface area (Å²) in [5.74, 6) is 6.50. The molecule has 4 N–H and O–H groups in total. The molecule has 0 saturated carbocycles. The largest absolute Gasteiger partial charge is 0.396 e. The Balaban J connectivity index is 2.81. The van der Waals surface area contributed by atoms with Crippen LogP contribution < -0.4 is 11.3 Å². The fourth-order valence-electron chi connectivity index (χ4n) is 0.867. The number of aliphatic hydroxyl groups is 1. The standard InChI is InChI=1S/C7H12N4OS/c1-5-6(11-8)9-4-10-7(5)13-3-2-12/h4,12H,2-3,8H2,1H3,(H,9,10,11). The molecule has 1 heterocycles. The van der Waals surface area contributed by atoms with Crippen molar-refractivity contribution < 1.29 is 5.11 Å². The zero-order chi connectivity index (χ0) is 9.68. The lowest BCUT2D eigenvalue weighted by molar-refractivity contribution is 0.322. The molecule has 6 heteroatoms. The number of nitrogens with two attached hydrogens (primary N) is 1. The SMILES string of the molecule is Cc1c(NN)ncnc1SCCO. The summed E-state index contributed by atoms with van der Waals surface area (Å²) in [7, 11) is 0. The summed E-state index contributed by atoms with van der Waals surface area (Å²) in [5.41, 5.74) is 3.39. The first-order valence-corrected chi connectivity index (χ1v) is 4.80. The first-order chi connectivity index (χ1) is 6.29. The van der Waals surface area contributed by atoms with Gasteiger partial charge in [-0.05, 0) is 6.92 Å². The maximum atomic E-state index is 8.64. The van der Waals surface area contributed by atoms with E-state index in [1.165, 1.54) is 18.1 Å². The fourth-order valence-corrected chi connectivity index (χ4v) is 1.59. The third-order valence-electron chi connectivity index (χ3n) is 1.50. The molecule has 13 heavy (non-hydrogen) atoms. The normalized spacial score (nSPS) is 10.1. The zero-order valence-electron chi connectivity index (χ0n) is 7.32. The van der Waals surface area contributed by atoms with E-state index in [2.05, 4.69) is 15.4 Å². The number of hydrazine groups is 1. The summed E-state index contributed by atoms with van der Waals surface area (Å²) in [6.07, 6.45) is 1.45. The maximum absolute atomic E-state index is 8.64. The Morgan fingerprint density at radius 1 is 1.62 bits per heavy atom. The van der Waals surface area contributed by atoms with Crippen molar-refractivity contribution in [1.82, 2.24) is 9.97 Å². The molecule has 72 valence electrons. The van der Waals surface area contributed by atoms with Crippen LogP contribution in [0.3, 0.4) is 0 Å². The van der Waals surface area contributed by atoms with Gasteiger partial charge in [0.25, 0.3) is 0 Å². The highest BCUT2D eigenvalue weighted by atomic mass is 32.2. The topological polar surface area (TPSA) is 84.1 Å². The Morgan fingerprint density at radius 3 is 3.00 bits per heavy atom. The summed E-state index contributed by atoms with van der Waals surface area (Å²) < 4.78 is 0. The van der Waals surface area contributed by atoms with Crippen molar-refractivity contribution in [3.05, 3.63) is 11.9 Å². The highest BCUT2D eigenvalue weighted by Gasteiger charge is 2.05. The van der Waals surface area contributed by atoms with Gasteiger partial charge >= 0.3 is 0 Å². The molecule has 1 aromatic heterocycles. The lowest BCUT2D eigenvalue weighted by Crippen LogP contribution is -2.11. The van der Waals surface area contributed by atoms with Crippen LogP contribution in [0.4, 0.5) is 5.82 Å². The van der Waals surface area contributed by atoms with Crippen LogP contribution in [0.1, 0.15) is 5.56 Å². The zero-order valence-corrected chi connectivity index (χ0v) is 8.14. The summed E-state index contributed by atoms with van der Waals surface area (Å²) in [6.45, 7) is 2.02. The summed E-state index contributed by atoms with van der Waals surface area (Å²) >= 11 is 1.48. The molecule has 0 spiro atoms. The Hall–Kier alpha value is -0.850. The molecule has 0 bridgehead atoms. The molecule has 0 saturated heterocycles. The van der Waals surface area contributed by atoms with Crippen LogP contribution in [0.15, 0.2) is 11.4 Å². The molecule has 0 aromatic carbocycles. The number of hydrogen-bond donors (Lipinski definition) is 3. The van der Waals surface area contributed by atoms with Crippen molar-refractivity contribution in [2.75, 3.05) is 17.8 Å². The van der Waals surface area contributed by atoms with Gasteiger partial charge in [-0.3, -0.25) is 0 Å². The van der Waals surface area contributed by atoms with Crippen molar-refractivity contribution in [3.8, 4) is 0 Å². The van der Waals surface area contributed by atoms with Crippen LogP contribution in [0, 0.1) is 6.92 Å². The lowest BCUT2D eigenvalue weighted by Gasteiger charge is -2.06. The van der Waals surface area contributed by atoms with Crippen molar-refractivity contribution >= 4 is 17.6 Å². The highest BCUT2D eigenvalue weighted by molar-refractivity contribution is 7.99. The lowest BCUT2D eigenvalue weighted by atomic mass is 10.3. The molecule has 0 fully saturated rings. The van der Waals surface area contributed by atoms with Gasteiger partial charge in [-0.25, -0.2) is 15.8 Å². The third-order valence-corrected chi connectivity index (χ3v) is 2.58. The Morgan fingerprint density at radius 2 is 2.38 bits per heavy atom. The molecule has 0 unspecified atom stereocenters. The number of nitrogen functional groups attached to an aromatic ring is 1. The summed E-state index contributed by atoms with van der Waals surface area (Å²) in [4.78, 5) is 8.01. The maximum Gasteiger partial charge on any atom is 0.147 e. The molecular weight excluding hydrogens is 188 g/mol. The third kappa shape index (κ3) is 2.55. The number of rotatable bonds is 4. The fraction of sp³-hybridized carbons (Fsp3) is 0.429. The smallest absolute Gasteiger partial charge is 0.147 e. The second-order valence-corrected chi connectivity index (χ2v) is 3.45. The molecule has 0 atom stereocenters. The summed E-state index contributed by atoms with van der Waals surface area (Å²) in [5, 5.41) is 9.48. The van der Waals surface area contributed by atoms with Gasteiger partial charge in [-0.2, -0.15) is 0 Å². The van der Waals surface area contributed by atoms with E-state index in [1.54, 1.807) is 0 Å². The number of aromatic nitrogens is 2. The van der Waals surface area contributed by atoms with Crippen molar-refractivity contribution in [1.29, 1.82) is 0 Å². The first kappa shape index (κ1) is 10.2. The van der Waals surface area contributed by atoms with E-state index in [4.69, 9.17) is 10.9 Å². The van der Waals surface area contributed by atoms with E-state index < -0.39 is 0 Å². The number of thioether (sulfide) groups is 1. The van der Waals surface area contributed by atoms with Gasteiger partial charge in [0, 0.05) is 11.3 Å². The van der Waals surface area contributed by atoms with Crippen LogP contribution >= 0.6 is 11.8 Å². The van der Waals surface area contributed by atoms with E-state index in [-0.39, 0.29) is 6.61 Å². The van der Waals surface area contributed by atoms with Gasteiger partial charge in [0.05, 0.1) is 6.61 Å². The molecule has 0 aliphatic carbocycles. The first-order valence-electron chi connectivity index (χ1n) is 3.81. The van der Waals surface area contributed by atoms with Gasteiger partial charge < -0.3 is 10.5 Å². The molecule has 0 radical (unpaired) electrons. The molecule has 1 aromatic rings. The Kier molecular flexibility index (Phi) is 3.94. The van der Waals surface area contributed by atoms with Crippen LogP contribution in [0.25, 0.3) is 0 Å². The van der Waals surface area contributed by atoms with Crippen LogP contribution in [-0.2, 0) is 0 Å². The second kappa shape index (κ2) is 5.00. The van der Waals surface area contributed by atoms with Crippen molar-refractivity contribution in [2.24, 2.45) is 5.84 Å². The minimum atomic E-state index is 0.138. The Bertz CT molecular complexity index is 281. The second-order valence-electron chi connectivity index (χ2n) is 2.37. The predicted molar refractivity (Wildman–Crippen MR) is 52.4 cm³/mol. The van der Waals surface area contributed by atoms with E-state index in [0.717, 1.165) is 10.6 Å². The van der Waals surface area contributed by atoms with Crippen molar-refractivity contribution in [3.63, 3.8) is 0 Å². The monoisotopic (exact) mass is 200 g/mol. The number of aliphatic hydroxyl groups excluding tert-OH is 1. The minimum Gasteiger partial charge on any atom is -0.396 e. The average Bonchev–Trinajstić information content (AvgIpc) is 2.16. The molecule has 0 aliphatic rings. The van der Waals surface area contributed by atoms with Crippen LogP contribution in [-0.4, -0.2) is 27.4 Å². The molecular formula is C7H12N4OS. The van der Waals surface area contributed by atoms with Gasteiger partial charge in [0.15, 0.2) is 0 Å². The van der Waals surface area contributed by atoms with E-state index in [9.17, 15) is 0 Å². The quantitative estimate of drug-likeness (QED) is 0.278. The van der Waals surface area contributed by atoms with Crippen LogP contribution in [0.2, 0.25) is 0 Å². The predicted octanol–water partition coefficient (Wildman–Crippen LogP) is 0.155. The molecule has 1 rings (SSSR count).